The van der Waals surface area contributed by atoms with Gasteiger partial charge in [0.05, 0.1) is 5.69 Å². The van der Waals surface area contributed by atoms with Gasteiger partial charge in [0, 0.05) is 0 Å². The normalized spacial score (nSPS) is 10.6. The Morgan fingerprint density at radius 2 is 1.94 bits per heavy atom. The number of nitrogen functional groups attached to an aromatic ring is 1. The Labute approximate surface area is 95.7 Å². The van der Waals surface area contributed by atoms with Crippen LogP contribution in [-0.4, -0.2) is 35.0 Å². The molecule has 2 N–H and O–H groups in total. The van der Waals surface area contributed by atoms with Gasteiger partial charge in [0.25, 0.3) is 5.95 Å². The number of benzene rings is 1. The largest absolute Gasteiger partial charge is 0.366 e. The lowest BCUT2D eigenvalue weighted by Gasteiger charge is -2.02. The second-order valence-electron chi connectivity index (χ2n) is 3.27. The third kappa shape index (κ3) is 1.61. The molecule has 2 heterocycles. The summed E-state index contributed by atoms with van der Waals surface area (Å²) in [7, 11) is 0. The van der Waals surface area contributed by atoms with E-state index >= 15 is 0 Å². The number of aromatic nitrogens is 7. The van der Waals surface area contributed by atoms with E-state index in [1.165, 1.54) is 11.0 Å². The van der Waals surface area contributed by atoms with Crippen LogP contribution in [0.15, 0.2) is 36.7 Å². The van der Waals surface area contributed by atoms with Gasteiger partial charge >= 0.3 is 0 Å². The summed E-state index contributed by atoms with van der Waals surface area (Å²) in [5.41, 5.74) is 6.29. The van der Waals surface area contributed by atoms with Gasteiger partial charge in [0.1, 0.15) is 6.33 Å². The van der Waals surface area contributed by atoms with E-state index in [1.807, 2.05) is 30.3 Å². The van der Waals surface area contributed by atoms with Crippen LogP contribution in [0.2, 0.25) is 0 Å². The zero-order chi connectivity index (χ0) is 11.7. The average molecular weight is 228 g/mol. The summed E-state index contributed by atoms with van der Waals surface area (Å²) < 4.78 is 2.97. The van der Waals surface area contributed by atoms with Gasteiger partial charge in [-0.25, -0.2) is 4.98 Å². The van der Waals surface area contributed by atoms with Gasteiger partial charge in [-0.3, -0.25) is 0 Å². The Morgan fingerprint density at radius 1 is 1.12 bits per heavy atom. The van der Waals surface area contributed by atoms with Gasteiger partial charge in [-0.15, -0.1) is 5.10 Å². The maximum atomic E-state index is 5.45. The highest BCUT2D eigenvalue weighted by molar-refractivity contribution is 5.33. The van der Waals surface area contributed by atoms with Gasteiger partial charge < -0.3 is 5.73 Å². The standard InChI is InChI=1S/C9H8N8/c10-8-11-6-16(13-8)9-12-14-15-17(9)7-4-2-1-3-5-7/h1-6H,(H2,10,13). The second kappa shape index (κ2) is 3.67. The van der Waals surface area contributed by atoms with E-state index in [1.54, 1.807) is 4.68 Å². The Bertz CT molecular complexity index is 625. The molecule has 0 spiro atoms. The maximum Gasteiger partial charge on any atom is 0.276 e. The summed E-state index contributed by atoms with van der Waals surface area (Å²) in [6.45, 7) is 0. The van der Waals surface area contributed by atoms with Crippen molar-refractivity contribution in [2.24, 2.45) is 0 Å². The van der Waals surface area contributed by atoms with Crippen molar-refractivity contribution < 1.29 is 0 Å². The monoisotopic (exact) mass is 228 g/mol. The zero-order valence-electron chi connectivity index (χ0n) is 8.67. The summed E-state index contributed by atoms with van der Waals surface area (Å²) in [5, 5.41) is 15.4. The highest BCUT2D eigenvalue weighted by Crippen LogP contribution is 2.09. The van der Waals surface area contributed by atoms with Crippen LogP contribution < -0.4 is 5.73 Å². The number of anilines is 1. The molecule has 0 aliphatic carbocycles. The quantitative estimate of drug-likeness (QED) is 0.653. The summed E-state index contributed by atoms with van der Waals surface area (Å²) in [5.74, 6) is 0.605. The Morgan fingerprint density at radius 3 is 2.65 bits per heavy atom. The smallest absolute Gasteiger partial charge is 0.276 e. The van der Waals surface area contributed by atoms with Gasteiger partial charge in [-0.1, -0.05) is 23.3 Å². The molecule has 0 atom stereocenters. The van der Waals surface area contributed by atoms with E-state index in [-0.39, 0.29) is 5.95 Å². The number of tetrazole rings is 1. The van der Waals surface area contributed by atoms with Crippen molar-refractivity contribution in [3.05, 3.63) is 36.7 Å². The lowest BCUT2D eigenvalue weighted by Crippen LogP contribution is -2.07. The fraction of sp³-hybridized carbons (Fsp3) is 0. The fourth-order valence-electron chi connectivity index (χ4n) is 1.43. The third-order valence-corrected chi connectivity index (χ3v) is 2.17. The molecule has 0 unspecified atom stereocenters. The minimum absolute atomic E-state index is 0.174. The molecule has 0 aliphatic rings. The lowest BCUT2D eigenvalue weighted by atomic mass is 10.3. The zero-order valence-corrected chi connectivity index (χ0v) is 8.67. The van der Waals surface area contributed by atoms with Crippen LogP contribution >= 0.6 is 0 Å². The van der Waals surface area contributed by atoms with E-state index in [9.17, 15) is 0 Å². The van der Waals surface area contributed by atoms with Crippen molar-refractivity contribution in [3.63, 3.8) is 0 Å². The molecule has 0 bridgehead atoms. The number of para-hydroxylation sites is 1. The molecule has 0 radical (unpaired) electrons. The van der Waals surface area contributed by atoms with Gasteiger partial charge in [-0.2, -0.15) is 9.36 Å². The van der Waals surface area contributed by atoms with Crippen LogP contribution in [0, 0.1) is 0 Å². The molecule has 0 amide bonds. The molecule has 84 valence electrons. The highest BCUT2D eigenvalue weighted by atomic mass is 15.6. The summed E-state index contributed by atoms with van der Waals surface area (Å²) >= 11 is 0. The minimum atomic E-state index is 0.174. The lowest BCUT2D eigenvalue weighted by molar-refractivity contribution is 0.741. The fourth-order valence-corrected chi connectivity index (χ4v) is 1.43. The van der Waals surface area contributed by atoms with Crippen molar-refractivity contribution in [2.75, 3.05) is 5.73 Å². The predicted octanol–water partition coefficient (Wildman–Crippen LogP) is -0.175. The number of nitrogens with two attached hydrogens (primary N) is 1. The van der Waals surface area contributed by atoms with Crippen LogP contribution in [0.3, 0.4) is 0 Å². The van der Waals surface area contributed by atoms with Gasteiger partial charge in [-0.05, 0) is 22.6 Å². The van der Waals surface area contributed by atoms with Gasteiger partial charge in [0.15, 0.2) is 0 Å². The van der Waals surface area contributed by atoms with E-state index in [0.717, 1.165) is 5.69 Å². The van der Waals surface area contributed by atoms with Crippen molar-refractivity contribution in [1.82, 2.24) is 35.0 Å². The number of hydrogen-bond donors (Lipinski definition) is 1. The topological polar surface area (TPSA) is 100 Å². The first-order chi connectivity index (χ1) is 8.34. The third-order valence-electron chi connectivity index (χ3n) is 2.17. The van der Waals surface area contributed by atoms with Crippen LogP contribution in [0.1, 0.15) is 0 Å². The second-order valence-corrected chi connectivity index (χ2v) is 3.27. The highest BCUT2D eigenvalue weighted by Gasteiger charge is 2.11. The number of nitrogens with zero attached hydrogens (tertiary/aromatic N) is 7. The predicted molar refractivity (Wildman–Crippen MR) is 58.5 cm³/mol. The van der Waals surface area contributed by atoms with Crippen molar-refractivity contribution >= 4 is 5.95 Å². The van der Waals surface area contributed by atoms with E-state index in [0.29, 0.717) is 5.95 Å². The molecule has 2 aromatic heterocycles. The Balaban J connectivity index is 2.12. The summed E-state index contributed by atoms with van der Waals surface area (Å²) in [6, 6.07) is 9.49. The van der Waals surface area contributed by atoms with Crippen LogP contribution in [0.25, 0.3) is 11.6 Å². The van der Waals surface area contributed by atoms with E-state index < -0.39 is 0 Å². The van der Waals surface area contributed by atoms with Crippen LogP contribution in [0.5, 0.6) is 0 Å². The summed E-state index contributed by atoms with van der Waals surface area (Å²) in [6.07, 6.45) is 1.46. The Hall–Kier alpha value is -2.77. The average Bonchev–Trinajstić information content (AvgIpc) is 2.98. The van der Waals surface area contributed by atoms with Crippen LogP contribution in [0.4, 0.5) is 5.95 Å². The molecule has 1 aromatic carbocycles. The number of rotatable bonds is 2. The molecule has 3 aromatic rings. The molecular weight excluding hydrogens is 220 g/mol. The maximum absolute atomic E-state index is 5.45. The molecule has 0 fully saturated rings. The molecule has 0 aliphatic heterocycles. The van der Waals surface area contributed by atoms with Crippen molar-refractivity contribution in [2.45, 2.75) is 0 Å². The molecule has 8 nitrogen and oxygen atoms in total. The van der Waals surface area contributed by atoms with Crippen molar-refractivity contribution in [1.29, 1.82) is 0 Å². The number of hydrogen-bond acceptors (Lipinski definition) is 6. The first-order valence-corrected chi connectivity index (χ1v) is 4.86. The SMILES string of the molecule is Nc1ncn(-c2nnnn2-c2ccccc2)n1. The molecule has 0 saturated heterocycles. The first kappa shape index (κ1) is 9.46. The van der Waals surface area contributed by atoms with Crippen molar-refractivity contribution in [3.8, 4) is 11.6 Å². The van der Waals surface area contributed by atoms with E-state index in [2.05, 4.69) is 25.6 Å². The van der Waals surface area contributed by atoms with E-state index in [4.69, 9.17) is 5.73 Å². The molecule has 0 saturated carbocycles. The molecular formula is C9H8N8. The Kier molecular flexibility index (Phi) is 2.04. The van der Waals surface area contributed by atoms with Gasteiger partial charge in [0.2, 0.25) is 5.95 Å². The molecule has 17 heavy (non-hydrogen) atoms. The minimum Gasteiger partial charge on any atom is -0.366 e. The van der Waals surface area contributed by atoms with Crippen LogP contribution in [-0.2, 0) is 0 Å². The summed E-state index contributed by atoms with van der Waals surface area (Å²) in [4.78, 5) is 3.83. The molecule has 8 heteroatoms. The molecule has 3 rings (SSSR count). The first-order valence-electron chi connectivity index (χ1n) is 4.86.